The fraction of sp³-hybridized carbons (Fsp3) is 0.0625. The minimum atomic E-state index is -0.311. The Kier molecular flexibility index (Phi) is 3.21. The van der Waals surface area contributed by atoms with E-state index in [1.807, 2.05) is 24.3 Å². The number of halogens is 1. The second-order valence-electron chi connectivity index (χ2n) is 4.41. The van der Waals surface area contributed by atoms with Crippen molar-refractivity contribution in [2.75, 3.05) is 0 Å². The van der Waals surface area contributed by atoms with E-state index in [2.05, 4.69) is 9.97 Å². The van der Waals surface area contributed by atoms with E-state index in [0.717, 1.165) is 17.5 Å². The van der Waals surface area contributed by atoms with Crippen molar-refractivity contribution in [3.63, 3.8) is 0 Å². The Labute approximate surface area is 115 Å². The van der Waals surface area contributed by atoms with Gasteiger partial charge in [-0.3, -0.25) is 9.97 Å². The molecule has 0 aliphatic carbocycles. The highest BCUT2D eigenvalue weighted by atomic mass is 19.1. The fourth-order valence-electron chi connectivity index (χ4n) is 2.17. The molecule has 3 nitrogen and oxygen atoms in total. The van der Waals surface area contributed by atoms with E-state index in [-0.39, 0.29) is 12.2 Å². The minimum Gasteiger partial charge on any atom is -0.303 e. The van der Waals surface area contributed by atoms with Crippen LogP contribution in [-0.4, -0.2) is 16.3 Å². The highest BCUT2D eigenvalue weighted by Crippen LogP contribution is 2.25. The highest BCUT2D eigenvalue weighted by molar-refractivity contribution is 5.85. The van der Waals surface area contributed by atoms with Crippen LogP contribution in [-0.2, 0) is 11.2 Å². The monoisotopic (exact) mass is 266 g/mol. The van der Waals surface area contributed by atoms with Gasteiger partial charge in [-0.1, -0.05) is 6.07 Å². The van der Waals surface area contributed by atoms with Gasteiger partial charge >= 0.3 is 0 Å². The number of aromatic nitrogens is 2. The first-order valence-electron chi connectivity index (χ1n) is 6.22. The molecule has 0 aliphatic rings. The van der Waals surface area contributed by atoms with Crippen molar-refractivity contribution < 1.29 is 9.18 Å². The number of carbonyl (C=O) groups excluding carboxylic acids is 1. The van der Waals surface area contributed by atoms with Crippen LogP contribution in [0.15, 0.2) is 48.7 Å². The van der Waals surface area contributed by atoms with E-state index in [9.17, 15) is 9.18 Å². The maximum Gasteiger partial charge on any atom is 0.125 e. The van der Waals surface area contributed by atoms with Crippen LogP contribution in [0.25, 0.3) is 22.2 Å². The molecule has 0 aliphatic heterocycles. The van der Waals surface area contributed by atoms with E-state index in [1.165, 1.54) is 12.1 Å². The number of nitrogens with zero attached hydrogens (tertiary/aromatic N) is 2. The summed E-state index contributed by atoms with van der Waals surface area (Å²) in [4.78, 5) is 19.5. The van der Waals surface area contributed by atoms with Crippen LogP contribution in [0.5, 0.6) is 0 Å². The number of benzene rings is 1. The number of fused-ring (bicyclic) bond motifs is 1. The molecule has 2 aromatic heterocycles. The molecule has 0 fully saturated rings. The molecule has 0 unspecified atom stereocenters. The van der Waals surface area contributed by atoms with E-state index < -0.39 is 0 Å². The summed E-state index contributed by atoms with van der Waals surface area (Å²) in [6.07, 6.45) is 2.69. The second-order valence-corrected chi connectivity index (χ2v) is 4.41. The van der Waals surface area contributed by atoms with Crippen molar-refractivity contribution in [1.29, 1.82) is 0 Å². The zero-order valence-electron chi connectivity index (χ0n) is 10.6. The zero-order chi connectivity index (χ0) is 13.9. The lowest BCUT2D eigenvalue weighted by Crippen LogP contribution is -1.98. The fourth-order valence-corrected chi connectivity index (χ4v) is 2.17. The third kappa shape index (κ3) is 2.28. The molecule has 2 heterocycles. The van der Waals surface area contributed by atoms with Crippen molar-refractivity contribution in [2.45, 2.75) is 6.42 Å². The quantitative estimate of drug-likeness (QED) is 0.684. The van der Waals surface area contributed by atoms with Crippen LogP contribution in [0.2, 0.25) is 0 Å². The molecule has 4 heteroatoms. The van der Waals surface area contributed by atoms with Crippen LogP contribution in [0.4, 0.5) is 4.39 Å². The maximum absolute atomic E-state index is 13.3. The second kappa shape index (κ2) is 5.17. The molecular weight excluding hydrogens is 255 g/mol. The average molecular weight is 266 g/mol. The van der Waals surface area contributed by atoms with E-state index in [4.69, 9.17) is 0 Å². The summed E-state index contributed by atoms with van der Waals surface area (Å²) < 4.78 is 13.3. The number of rotatable bonds is 3. The Balaban J connectivity index is 2.27. The highest BCUT2D eigenvalue weighted by Gasteiger charge is 2.10. The van der Waals surface area contributed by atoms with Crippen LogP contribution in [0.1, 0.15) is 5.69 Å². The Hall–Kier alpha value is -2.62. The van der Waals surface area contributed by atoms with Crippen LogP contribution in [0, 0.1) is 5.82 Å². The lowest BCUT2D eigenvalue weighted by atomic mass is 10.0. The number of pyridine rings is 2. The largest absolute Gasteiger partial charge is 0.303 e. The summed E-state index contributed by atoms with van der Waals surface area (Å²) in [5.74, 6) is -0.311. The van der Waals surface area contributed by atoms with Gasteiger partial charge in [0.25, 0.3) is 0 Å². The number of hydrogen-bond donors (Lipinski definition) is 0. The molecule has 3 aromatic rings. The van der Waals surface area contributed by atoms with Gasteiger partial charge in [-0.2, -0.15) is 0 Å². The van der Waals surface area contributed by atoms with E-state index >= 15 is 0 Å². The van der Waals surface area contributed by atoms with Gasteiger partial charge in [0.2, 0.25) is 0 Å². The minimum absolute atomic E-state index is 0.208. The van der Waals surface area contributed by atoms with Crippen molar-refractivity contribution in [3.8, 4) is 11.3 Å². The molecule has 0 amide bonds. The van der Waals surface area contributed by atoms with Gasteiger partial charge in [-0.15, -0.1) is 0 Å². The lowest BCUT2D eigenvalue weighted by molar-refractivity contribution is -0.107. The van der Waals surface area contributed by atoms with Gasteiger partial charge in [0.1, 0.15) is 12.1 Å². The molecule has 98 valence electrons. The van der Waals surface area contributed by atoms with Gasteiger partial charge in [0.15, 0.2) is 0 Å². The smallest absolute Gasteiger partial charge is 0.125 e. The van der Waals surface area contributed by atoms with Gasteiger partial charge in [-0.25, -0.2) is 4.39 Å². The molecular formula is C16H11FN2O. The normalized spacial score (nSPS) is 10.7. The molecule has 0 bridgehead atoms. The Morgan fingerprint density at radius 3 is 2.80 bits per heavy atom. The van der Waals surface area contributed by atoms with E-state index in [1.54, 1.807) is 12.3 Å². The van der Waals surface area contributed by atoms with Gasteiger partial charge in [-0.05, 0) is 36.4 Å². The topological polar surface area (TPSA) is 42.9 Å². The number of carbonyl (C=O) groups is 1. The Morgan fingerprint density at radius 1 is 1.15 bits per heavy atom. The summed E-state index contributed by atoms with van der Waals surface area (Å²) in [5.41, 5.74) is 2.81. The van der Waals surface area contributed by atoms with Crippen LogP contribution >= 0.6 is 0 Å². The van der Waals surface area contributed by atoms with Crippen LogP contribution in [0.3, 0.4) is 0 Å². The third-order valence-electron chi connectivity index (χ3n) is 3.07. The lowest BCUT2D eigenvalue weighted by Gasteiger charge is -2.08. The number of aldehydes is 1. The van der Waals surface area contributed by atoms with E-state index in [0.29, 0.717) is 16.6 Å². The molecule has 0 saturated heterocycles. The van der Waals surface area contributed by atoms with Crippen molar-refractivity contribution in [1.82, 2.24) is 9.97 Å². The summed E-state index contributed by atoms with van der Waals surface area (Å²) in [6, 6.07) is 11.8. The summed E-state index contributed by atoms with van der Waals surface area (Å²) >= 11 is 0. The van der Waals surface area contributed by atoms with Crippen molar-refractivity contribution in [2.24, 2.45) is 0 Å². The van der Waals surface area contributed by atoms with Gasteiger partial charge < -0.3 is 4.79 Å². The predicted octanol–water partition coefficient (Wildman–Crippen LogP) is 3.18. The van der Waals surface area contributed by atoms with Crippen molar-refractivity contribution >= 4 is 17.2 Å². The zero-order valence-corrected chi connectivity index (χ0v) is 10.6. The SMILES string of the molecule is O=CCc1nc2ccc(F)cc2cc1-c1ccccn1. The molecule has 20 heavy (non-hydrogen) atoms. The molecule has 0 radical (unpaired) electrons. The van der Waals surface area contributed by atoms with Crippen molar-refractivity contribution in [3.05, 3.63) is 60.2 Å². The molecule has 0 spiro atoms. The summed E-state index contributed by atoms with van der Waals surface area (Å²) in [7, 11) is 0. The maximum atomic E-state index is 13.3. The molecule has 1 aromatic carbocycles. The standard InChI is InChI=1S/C16H11FN2O/c17-12-4-5-14-11(9-12)10-13(16(19-14)6-8-20)15-3-1-2-7-18-15/h1-5,7-10H,6H2. The first-order chi connectivity index (χ1) is 9.78. The molecule has 0 atom stereocenters. The summed E-state index contributed by atoms with van der Waals surface area (Å²) in [5, 5.41) is 0.695. The summed E-state index contributed by atoms with van der Waals surface area (Å²) in [6.45, 7) is 0. The Bertz CT molecular complexity index is 772. The third-order valence-corrected chi connectivity index (χ3v) is 3.07. The predicted molar refractivity (Wildman–Crippen MR) is 74.7 cm³/mol. The van der Waals surface area contributed by atoms with Crippen LogP contribution < -0.4 is 0 Å². The first kappa shape index (κ1) is 12.4. The van der Waals surface area contributed by atoms with Gasteiger partial charge in [0, 0.05) is 23.6 Å². The van der Waals surface area contributed by atoms with Gasteiger partial charge in [0.05, 0.1) is 16.9 Å². The average Bonchev–Trinajstić information content (AvgIpc) is 2.48. The first-order valence-corrected chi connectivity index (χ1v) is 6.22. The molecule has 0 N–H and O–H groups in total. The number of hydrogen-bond acceptors (Lipinski definition) is 3. The molecule has 3 rings (SSSR count). The Morgan fingerprint density at radius 2 is 2.05 bits per heavy atom. The molecule has 0 saturated carbocycles.